The fourth-order valence-electron chi connectivity index (χ4n) is 3.11. The Morgan fingerprint density at radius 1 is 1.19 bits per heavy atom. The first-order valence-corrected chi connectivity index (χ1v) is 8.74. The van der Waals surface area contributed by atoms with Crippen molar-refractivity contribution >= 4 is 32.7 Å². The third kappa shape index (κ3) is 3.35. The minimum atomic E-state index is -0.215. The second-order valence-corrected chi connectivity index (χ2v) is 6.54. The Kier molecular flexibility index (Phi) is 5.38. The van der Waals surface area contributed by atoms with E-state index in [4.69, 9.17) is 9.47 Å². The zero-order valence-electron chi connectivity index (χ0n) is 14.8. The van der Waals surface area contributed by atoms with Crippen LogP contribution in [0.25, 0.3) is 6.08 Å². The molecule has 5 nitrogen and oxygen atoms in total. The largest absolute Gasteiger partial charge is 0.496 e. The third-order valence-electron chi connectivity index (χ3n) is 4.46. The number of carbonyl (C=O) groups excluding carboxylic acids is 1. The first-order valence-electron chi connectivity index (χ1n) is 8.16. The van der Waals surface area contributed by atoms with Crippen molar-refractivity contribution in [1.29, 1.82) is 0 Å². The molecule has 0 aromatic heterocycles. The van der Waals surface area contributed by atoms with Crippen LogP contribution in [0.5, 0.6) is 11.5 Å². The van der Waals surface area contributed by atoms with Crippen molar-refractivity contribution in [3.63, 3.8) is 0 Å². The Morgan fingerprint density at radius 3 is 2.54 bits per heavy atom. The van der Waals surface area contributed by atoms with Crippen molar-refractivity contribution in [3.8, 4) is 11.5 Å². The summed E-state index contributed by atoms with van der Waals surface area (Å²) in [5.74, 6) is 1.52. The first kappa shape index (κ1) is 18.2. The maximum Gasteiger partial charge on any atom is 0.230 e. The summed E-state index contributed by atoms with van der Waals surface area (Å²) in [4.78, 5) is 11.6. The molecule has 0 spiro atoms. The summed E-state index contributed by atoms with van der Waals surface area (Å²) < 4.78 is 10.8. The normalized spacial score (nSPS) is 16.2. The Labute approximate surface area is 155 Å². The summed E-state index contributed by atoms with van der Waals surface area (Å²) in [6.45, 7) is 3.82. The Bertz CT molecular complexity index is 879. The van der Waals surface area contributed by atoms with E-state index >= 15 is 0 Å². The molecule has 1 aliphatic rings. The quantitative estimate of drug-likeness (QED) is 0.581. The van der Waals surface area contributed by atoms with Crippen molar-refractivity contribution in [2.75, 3.05) is 14.2 Å². The van der Waals surface area contributed by atoms with Crippen LogP contribution in [-0.2, 0) is 4.79 Å². The lowest BCUT2D eigenvalue weighted by Crippen LogP contribution is -2.18. The smallest absolute Gasteiger partial charge is 0.230 e. The minimum absolute atomic E-state index is 0.215. The number of ether oxygens (including phenoxy) is 2. The van der Waals surface area contributed by atoms with Gasteiger partial charge in [-0.2, -0.15) is 5.10 Å². The molecule has 0 saturated carbocycles. The molecule has 26 heavy (non-hydrogen) atoms. The maximum absolute atomic E-state index is 11.6. The van der Waals surface area contributed by atoms with Gasteiger partial charge in [0.25, 0.3) is 0 Å². The molecule has 2 aromatic rings. The van der Waals surface area contributed by atoms with E-state index in [9.17, 15) is 4.79 Å². The second kappa shape index (κ2) is 7.71. The molecule has 0 saturated heterocycles. The fraction of sp³-hybridized carbons (Fsp3) is 0.200. The first-order chi connectivity index (χ1) is 12.6. The lowest BCUT2D eigenvalue weighted by Gasteiger charge is -2.20. The molecule has 0 aliphatic carbocycles. The summed E-state index contributed by atoms with van der Waals surface area (Å²) >= 11 is 0. The SMILES string of the molecule is C=Cc1ccc(OC)c(C2CC(c3ccc(OC)c(P)c3)=NN2C=O)c1. The molecule has 134 valence electrons. The zero-order valence-corrected chi connectivity index (χ0v) is 16.0. The van der Waals surface area contributed by atoms with Gasteiger partial charge in [0.05, 0.1) is 26.0 Å². The van der Waals surface area contributed by atoms with Crippen LogP contribution < -0.4 is 14.8 Å². The predicted octanol–water partition coefficient (Wildman–Crippen LogP) is 3.15. The number of amides is 1. The van der Waals surface area contributed by atoms with Gasteiger partial charge in [-0.1, -0.05) is 18.7 Å². The van der Waals surface area contributed by atoms with Crippen LogP contribution in [0, 0.1) is 0 Å². The molecule has 3 rings (SSSR count). The van der Waals surface area contributed by atoms with Crippen molar-refractivity contribution in [2.24, 2.45) is 5.10 Å². The Balaban J connectivity index is 1.97. The third-order valence-corrected chi connectivity index (χ3v) is 4.91. The van der Waals surface area contributed by atoms with E-state index in [1.165, 1.54) is 5.01 Å². The van der Waals surface area contributed by atoms with Gasteiger partial charge >= 0.3 is 0 Å². The molecule has 0 radical (unpaired) electrons. The van der Waals surface area contributed by atoms with Crippen LogP contribution in [0.3, 0.4) is 0 Å². The molecule has 1 heterocycles. The monoisotopic (exact) mass is 368 g/mol. The maximum atomic E-state index is 11.6. The number of hydrazone groups is 1. The molecule has 2 unspecified atom stereocenters. The van der Waals surface area contributed by atoms with Crippen molar-refractivity contribution < 1.29 is 14.3 Å². The Morgan fingerprint density at radius 2 is 1.92 bits per heavy atom. The number of hydrogen-bond acceptors (Lipinski definition) is 4. The van der Waals surface area contributed by atoms with E-state index in [1.54, 1.807) is 20.3 Å². The van der Waals surface area contributed by atoms with Crippen LogP contribution >= 0.6 is 9.24 Å². The van der Waals surface area contributed by atoms with Gasteiger partial charge in [-0.15, -0.1) is 9.24 Å². The molecular formula is C20H21N2O3P. The predicted molar refractivity (Wildman–Crippen MR) is 107 cm³/mol. The van der Waals surface area contributed by atoms with Gasteiger partial charge < -0.3 is 9.47 Å². The van der Waals surface area contributed by atoms with Crippen molar-refractivity contribution in [2.45, 2.75) is 12.5 Å². The van der Waals surface area contributed by atoms with Crippen LogP contribution in [0.2, 0.25) is 0 Å². The molecular weight excluding hydrogens is 347 g/mol. The topological polar surface area (TPSA) is 51.1 Å². The number of benzene rings is 2. The molecule has 0 fully saturated rings. The Hall–Kier alpha value is -2.65. The van der Waals surface area contributed by atoms with Crippen LogP contribution in [0.4, 0.5) is 0 Å². The van der Waals surface area contributed by atoms with Gasteiger partial charge in [0.1, 0.15) is 11.5 Å². The molecule has 6 heteroatoms. The van der Waals surface area contributed by atoms with Crippen LogP contribution in [0.15, 0.2) is 48.1 Å². The molecule has 2 aromatic carbocycles. The standard InChI is InChI=1S/C20H21N2O3P/c1-4-13-5-7-18(24-2)15(9-13)17-11-16(21-22(17)12-23)14-6-8-19(25-3)20(26)10-14/h4-10,12,17H,1,11,26H2,2-3H3. The second-order valence-electron chi connectivity index (χ2n) is 5.91. The summed E-state index contributed by atoms with van der Waals surface area (Å²) in [5.41, 5.74) is 3.69. The number of methoxy groups -OCH3 is 2. The average Bonchev–Trinajstić information content (AvgIpc) is 3.11. The summed E-state index contributed by atoms with van der Waals surface area (Å²) in [6, 6.07) is 11.4. The van der Waals surface area contributed by atoms with Gasteiger partial charge in [-0.25, -0.2) is 5.01 Å². The van der Waals surface area contributed by atoms with Crippen molar-refractivity contribution in [3.05, 3.63) is 59.7 Å². The highest BCUT2D eigenvalue weighted by Gasteiger charge is 2.31. The number of carbonyl (C=O) groups is 1. The van der Waals surface area contributed by atoms with E-state index in [0.29, 0.717) is 6.42 Å². The number of nitrogens with zero attached hydrogens (tertiary/aromatic N) is 2. The molecule has 1 aliphatic heterocycles. The van der Waals surface area contributed by atoms with Gasteiger partial charge in [0, 0.05) is 17.3 Å². The van der Waals surface area contributed by atoms with E-state index < -0.39 is 0 Å². The highest BCUT2D eigenvalue weighted by atomic mass is 31.0. The molecule has 0 bridgehead atoms. The fourth-order valence-corrected chi connectivity index (χ4v) is 3.50. The summed E-state index contributed by atoms with van der Waals surface area (Å²) in [6.07, 6.45) is 3.13. The zero-order chi connectivity index (χ0) is 18.7. The van der Waals surface area contributed by atoms with Gasteiger partial charge in [-0.3, -0.25) is 4.79 Å². The highest BCUT2D eigenvalue weighted by Crippen LogP contribution is 2.37. The minimum Gasteiger partial charge on any atom is -0.496 e. The number of rotatable bonds is 6. The van der Waals surface area contributed by atoms with E-state index in [0.717, 1.165) is 45.6 Å². The lowest BCUT2D eigenvalue weighted by molar-refractivity contribution is -0.119. The van der Waals surface area contributed by atoms with Crippen molar-refractivity contribution in [1.82, 2.24) is 5.01 Å². The molecule has 0 N–H and O–H groups in total. The molecule has 2 atom stereocenters. The number of hydrogen-bond donors (Lipinski definition) is 0. The highest BCUT2D eigenvalue weighted by molar-refractivity contribution is 7.27. The van der Waals surface area contributed by atoms with E-state index in [-0.39, 0.29) is 6.04 Å². The average molecular weight is 368 g/mol. The van der Waals surface area contributed by atoms with Gasteiger partial charge in [0.15, 0.2) is 0 Å². The van der Waals surface area contributed by atoms with E-state index in [2.05, 4.69) is 20.9 Å². The molecule has 1 amide bonds. The van der Waals surface area contributed by atoms with Gasteiger partial charge in [-0.05, 0) is 41.5 Å². The summed E-state index contributed by atoms with van der Waals surface area (Å²) in [7, 11) is 5.92. The van der Waals surface area contributed by atoms with Crippen LogP contribution in [-0.4, -0.2) is 31.4 Å². The lowest BCUT2D eigenvalue weighted by atomic mass is 9.96. The van der Waals surface area contributed by atoms with Crippen LogP contribution in [0.1, 0.15) is 29.2 Å². The summed E-state index contributed by atoms with van der Waals surface area (Å²) in [5, 5.41) is 6.91. The van der Waals surface area contributed by atoms with E-state index in [1.807, 2.05) is 36.4 Å². The van der Waals surface area contributed by atoms with Gasteiger partial charge in [0.2, 0.25) is 6.41 Å².